The predicted octanol–water partition coefficient (Wildman–Crippen LogP) is 2.18. The largest absolute Gasteiger partial charge is 0.401 e. The summed E-state index contributed by atoms with van der Waals surface area (Å²) in [5, 5.41) is 6.32. The summed E-state index contributed by atoms with van der Waals surface area (Å²) in [5.41, 5.74) is 0. The fraction of sp³-hybridized carbons (Fsp3) is 0.923. The minimum Gasteiger partial charge on any atom is -0.356 e. The van der Waals surface area contributed by atoms with Crippen LogP contribution in [0.1, 0.15) is 20.3 Å². The summed E-state index contributed by atoms with van der Waals surface area (Å²) in [4.78, 5) is 5.37. The first-order chi connectivity index (χ1) is 9.59. The third-order valence-electron chi connectivity index (χ3n) is 2.92. The summed E-state index contributed by atoms with van der Waals surface area (Å²) in [6, 6.07) is 0. The Morgan fingerprint density at radius 1 is 1.24 bits per heavy atom. The van der Waals surface area contributed by atoms with Crippen LogP contribution in [0.3, 0.4) is 0 Å². The van der Waals surface area contributed by atoms with Gasteiger partial charge in [-0.1, -0.05) is 0 Å². The second kappa shape index (κ2) is 9.40. The molecule has 0 bridgehead atoms. The van der Waals surface area contributed by atoms with Crippen molar-refractivity contribution in [1.82, 2.24) is 15.5 Å². The summed E-state index contributed by atoms with van der Waals surface area (Å²) < 4.78 is 36.6. The average molecular weight is 328 g/mol. The standard InChI is InChI=1S/C13H27F3N4S/c1-12(2,21-5)9-19-11(17-3)18-7-6-8-20(4)10-13(14,15)16/h6-10H2,1-5H3,(H2,17,18,19). The maximum atomic E-state index is 12.2. The summed E-state index contributed by atoms with van der Waals surface area (Å²) in [6.45, 7) is 5.12. The third kappa shape index (κ3) is 11.7. The van der Waals surface area contributed by atoms with Crippen LogP contribution in [0, 0.1) is 0 Å². The SMILES string of the molecule is CN=C(NCCCN(C)CC(F)(F)F)NCC(C)(C)SC. The molecule has 0 aromatic carbocycles. The van der Waals surface area contributed by atoms with Gasteiger partial charge in [0.05, 0.1) is 6.54 Å². The van der Waals surface area contributed by atoms with Gasteiger partial charge in [0.25, 0.3) is 0 Å². The molecule has 0 saturated carbocycles. The first-order valence-corrected chi connectivity index (χ1v) is 8.07. The Bertz CT molecular complexity index is 319. The molecule has 0 atom stereocenters. The average Bonchev–Trinajstić information content (AvgIpc) is 2.36. The fourth-order valence-corrected chi connectivity index (χ4v) is 1.75. The topological polar surface area (TPSA) is 39.7 Å². The fourth-order valence-electron chi connectivity index (χ4n) is 1.53. The summed E-state index contributed by atoms with van der Waals surface area (Å²) in [7, 11) is 3.15. The molecule has 0 aromatic rings. The van der Waals surface area contributed by atoms with E-state index in [9.17, 15) is 13.2 Å². The molecule has 2 N–H and O–H groups in total. The predicted molar refractivity (Wildman–Crippen MR) is 85.1 cm³/mol. The van der Waals surface area contributed by atoms with Gasteiger partial charge in [-0.15, -0.1) is 0 Å². The lowest BCUT2D eigenvalue weighted by Gasteiger charge is -2.24. The Morgan fingerprint density at radius 2 is 1.86 bits per heavy atom. The van der Waals surface area contributed by atoms with Crippen LogP contribution < -0.4 is 10.6 Å². The highest BCUT2D eigenvalue weighted by Gasteiger charge is 2.28. The highest BCUT2D eigenvalue weighted by Crippen LogP contribution is 2.19. The van der Waals surface area contributed by atoms with Crippen LogP contribution in [0.4, 0.5) is 13.2 Å². The molecule has 0 saturated heterocycles. The lowest BCUT2D eigenvalue weighted by atomic mass is 10.2. The van der Waals surface area contributed by atoms with E-state index in [1.807, 2.05) is 6.26 Å². The lowest BCUT2D eigenvalue weighted by Crippen LogP contribution is -2.44. The number of alkyl halides is 3. The van der Waals surface area contributed by atoms with Crippen LogP contribution in [0.25, 0.3) is 0 Å². The van der Waals surface area contributed by atoms with Gasteiger partial charge >= 0.3 is 6.18 Å². The Labute approximate surface area is 129 Å². The van der Waals surface area contributed by atoms with Crippen molar-refractivity contribution in [2.24, 2.45) is 4.99 Å². The van der Waals surface area contributed by atoms with Crippen LogP contribution in [0.5, 0.6) is 0 Å². The number of rotatable bonds is 8. The number of thioether (sulfide) groups is 1. The molecule has 0 spiro atoms. The molecule has 0 aliphatic rings. The van der Waals surface area contributed by atoms with Gasteiger partial charge in [-0.2, -0.15) is 24.9 Å². The van der Waals surface area contributed by atoms with E-state index in [0.717, 1.165) is 6.54 Å². The maximum Gasteiger partial charge on any atom is 0.401 e. The number of nitrogens with zero attached hydrogens (tertiary/aromatic N) is 2. The number of hydrogen-bond donors (Lipinski definition) is 2. The van der Waals surface area contributed by atoms with Crippen LogP contribution in [0.15, 0.2) is 4.99 Å². The molecule has 0 aliphatic heterocycles. The third-order valence-corrected chi connectivity index (χ3v) is 4.17. The quantitative estimate of drug-likeness (QED) is 0.407. The van der Waals surface area contributed by atoms with Crippen molar-refractivity contribution in [3.8, 4) is 0 Å². The van der Waals surface area contributed by atoms with E-state index in [4.69, 9.17) is 0 Å². The zero-order valence-electron chi connectivity index (χ0n) is 13.5. The number of nitrogens with one attached hydrogen (secondary N) is 2. The highest BCUT2D eigenvalue weighted by atomic mass is 32.2. The zero-order valence-corrected chi connectivity index (χ0v) is 14.3. The van der Waals surface area contributed by atoms with E-state index < -0.39 is 12.7 Å². The molecule has 0 aliphatic carbocycles. The normalized spacial score (nSPS) is 13.7. The second-order valence-electron chi connectivity index (χ2n) is 5.52. The summed E-state index contributed by atoms with van der Waals surface area (Å²) in [6.07, 6.45) is -1.46. The molecule has 0 aromatic heterocycles. The maximum absolute atomic E-state index is 12.2. The van der Waals surface area contributed by atoms with Crippen LogP contribution >= 0.6 is 11.8 Å². The summed E-state index contributed by atoms with van der Waals surface area (Å²) in [5.74, 6) is 0.676. The van der Waals surface area contributed by atoms with Crippen molar-refractivity contribution in [1.29, 1.82) is 0 Å². The van der Waals surface area contributed by atoms with Crippen molar-refractivity contribution in [3.63, 3.8) is 0 Å². The van der Waals surface area contributed by atoms with Gasteiger partial charge in [-0.05, 0) is 40.1 Å². The van der Waals surface area contributed by atoms with E-state index in [1.54, 1.807) is 18.8 Å². The Kier molecular flexibility index (Phi) is 9.12. The molecule has 21 heavy (non-hydrogen) atoms. The van der Waals surface area contributed by atoms with E-state index >= 15 is 0 Å². The molecule has 0 radical (unpaired) electrons. The molecule has 0 heterocycles. The summed E-state index contributed by atoms with van der Waals surface area (Å²) >= 11 is 1.76. The molecular formula is C13H27F3N4S. The number of guanidine groups is 1. The van der Waals surface area contributed by atoms with Gasteiger partial charge in [0.1, 0.15) is 0 Å². The first-order valence-electron chi connectivity index (χ1n) is 6.84. The number of aliphatic imine (C=N–C) groups is 1. The van der Waals surface area contributed by atoms with E-state index in [0.29, 0.717) is 25.5 Å². The van der Waals surface area contributed by atoms with Gasteiger partial charge in [0, 0.05) is 24.9 Å². The lowest BCUT2D eigenvalue weighted by molar-refractivity contribution is -0.143. The van der Waals surface area contributed by atoms with Gasteiger partial charge in [0.2, 0.25) is 0 Å². The van der Waals surface area contributed by atoms with Crippen molar-refractivity contribution in [2.75, 3.05) is 46.5 Å². The number of halogens is 3. The molecule has 8 heteroatoms. The molecule has 4 nitrogen and oxygen atoms in total. The molecule has 126 valence electrons. The van der Waals surface area contributed by atoms with Gasteiger partial charge in [-0.3, -0.25) is 9.89 Å². The van der Waals surface area contributed by atoms with Crippen molar-refractivity contribution in [2.45, 2.75) is 31.2 Å². The smallest absolute Gasteiger partial charge is 0.356 e. The zero-order chi connectivity index (χ0) is 16.5. The monoisotopic (exact) mass is 328 g/mol. The van der Waals surface area contributed by atoms with E-state index in [2.05, 4.69) is 29.5 Å². The number of hydrogen-bond acceptors (Lipinski definition) is 3. The van der Waals surface area contributed by atoms with Gasteiger partial charge in [0.15, 0.2) is 5.96 Å². The molecule has 0 fully saturated rings. The second-order valence-corrected chi connectivity index (χ2v) is 7.04. The van der Waals surface area contributed by atoms with E-state index in [-0.39, 0.29) is 4.75 Å². The molecular weight excluding hydrogens is 301 g/mol. The molecule has 0 rings (SSSR count). The minimum absolute atomic E-state index is 0.102. The molecule has 0 amide bonds. The van der Waals surface area contributed by atoms with Crippen molar-refractivity contribution in [3.05, 3.63) is 0 Å². The minimum atomic E-state index is -4.14. The van der Waals surface area contributed by atoms with Crippen molar-refractivity contribution < 1.29 is 13.2 Å². The van der Waals surface area contributed by atoms with Crippen LogP contribution in [-0.2, 0) is 0 Å². The van der Waals surface area contributed by atoms with E-state index in [1.165, 1.54) is 11.9 Å². The Balaban J connectivity index is 3.89. The Morgan fingerprint density at radius 3 is 2.33 bits per heavy atom. The highest BCUT2D eigenvalue weighted by molar-refractivity contribution is 7.99. The van der Waals surface area contributed by atoms with Crippen LogP contribution in [-0.4, -0.2) is 68.3 Å². The Hall–Kier alpha value is -0.630. The van der Waals surface area contributed by atoms with Crippen LogP contribution in [0.2, 0.25) is 0 Å². The van der Waals surface area contributed by atoms with Gasteiger partial charge < -0.3 is 10.6 Å². The van der Waals surface area contributed by atoms with Crippen molar-refractivity contribution >= 4 is 17.7 Å². The molecule has 0 unspecified atom stereocenters. The van der Waals surface area contributed by atoms with Gasteiger partial charge in [-0.25, -0.2) is 0 Å². The first kappa shape index (κ1) is 20.4.